The van der Waals surface area contributed by atoms with Crippen LogP contribution in [0.5, 0.6) is 0 Å². The highest BCUT2D eigenvalue weighted by Gasteiger charge is 2.00. The van der Waals surface area contributed by atoms with Crippen molar-refractivity contribution in [1.29, 1.82) is 5.41 Å². The Morgan fingerprint density at radius 3 is 2.67 bits per heavy atom. The van der Waals surface area contributed by atoms with Gasteiger partial charge in [0.15, 0.2) is 5.17 Å². The van der Waals surface area contributed by atoms with Gasteiger partial charge < -0.3 is 16.6 Å². The molecule has 0 heterocycles. The molecule has 1 unspecified atom stereocenters. The molecule has 0 saturated carbocycles. The number of thioether (sulfide) groups is 1. The van der Waals surface area contributed by atoms with Crippen molar-refractivity contribution in [3.05, 3.63) is 0 Å². The van der Waals surface area contributed by atoms with Crippen molar-refractivity contribution < 1.29 is 5.11 Å². The summed E-state index contributed by atoms with van der Waals surface area (Å²) in [6, 6.07) is 0. The fraction of sp³-hybridized carbons (Fsp3) is 0.750. The molecule has 0 aliphatic carbocycles. The minimum Gasteiger partial charge on any atom is -0.391 e. The lowest BCUT2D eigenvalue weighted by molar-refractivity contribution is 0.208. The zero-order valence-electron chi connectivity index (χ0n) is 5.00. The lowest BCUT2D eigenvalue weighted by atomic mass is 10.4. The third kappa shape index (κ3) is 5.61. The van der Waals surface area contributed by atoms with Gasteiger partial charge in [0.05, 0.1) is 6.10 Å². The molecule has 0 saturated heterocycles. The number of nitrogens with one attached hydrogen (secondary N) is 1. The normalized spacial score (nSPS) is 13.1. The summed E-state index contributed by atoms with van der Waals surface area (Å²) < 4.78 is 0. The van der Waals surface area contributed by atoms with E-state index in [4.69, 9.17) is 22.0 Å². The summed E-state index contributed by atoms with van der Waals surface area (Å²) in [6.45, 7) is 0.223. The molecule has 9 heavy (non-hydrogen) atoms. The molecule has 6 N–H and O–H groups in total. The lowest BCUT2D eigenvalue weighted by Crippen LogP contribution is -2.23. The van der Waals surface area contributed by atoms with Crippen molar-refractivity contribution in [3.8, 4) is 0 Å². The van der Waals surface area contributed by atoms with Crippen molar-refractivity contribution >= 4 is 16.9 Å². The topological polar surface area (TPSA) is 96.1 Å². The molecule has 1 atom stereocenters. The predicted molar refractivity (Wildman–Crippen MR) is 39.4 cm³/mol. The number of aliphatic hydroxyl groups is 1. The summed E-state index contributed by atoms with van der Waals surface area (Å²) in [5.74, 6) is 0.409. The van der Waals surface area contributed by atoms with E-state index < -0.39 is 6.10 Å². The van der Waals surface area contributed by atoms with E-state index in [-0.39, 0.29) is 11.7 Å². The molecule has 0 aliphatic rings. The third-order valence-corrected chi connectivity index (χ3v) is 1.57. The van der Waals surface area contributed by atoms with E-state index >= 15 is 0 Å². The molecule has 5 heteroatoms. The molecule has 54 valence electrons. The van der Waals surface area contributed by atoms with Gasteiger partial charge in [-0.3, -0.25) is 5.41 Å². The molecule has 0 radical (unpaired) electrons. The van der Waals surface area contributed by atoms with Gasteiger partial charge in [-0.25, -0.2) is 0 Å². The van der Waals surface area contributed by atoms with E-state index in [1.807, 2.05) is 0 Å². The second-order valence-electron chi connectivity index (χ2n) is 1.56. The van der Waals surface area contributed by atoms with Gasteiger partial charge in [-0.1, -0.05) is 11.8 Å². The fourth-order valence-corrected chi connectivity index (χ4v) is 0.762. The quantitative estimate of drug-likeness (QED) is 0.303. The van der Waals surface area contributed by atoms with Crippen molar-refractivity contribution in [2.24, 2.45) is 11.5 Å². The van der Waals surface area contributed by atoms with Crippen LogP contribution in [0.15, 0.2) is 0 Å². The zero-order valence-corrected chi connectivity index (χ0v) is 5.82. The third-order valence-electron chi connectivity index (χ3n) is 0.703. The van der Waals surface area contributed by atoms with Crippen LogP contribution in [0.1, 0.15) is 0 Å². The van der Waals surface area contributed by atoms with E-state index in [1.54, 1.807) is 0 Å². The van der Waals surface area contributed by atoms with Crippen LogP contribution in [0.25, 0.3) is 0 Å². The number of rotatable bonds is 3. The largest absolute Gasteiger partial charge is 0.391 e. The highest BCUT2D eigenvalue weighted by Crippen LogP contribution is 1.99. The van der Waals surface area contributed by atoms with Gasteiger partial charge in [0.1, 0.15) is 0 Å². The van der Waals surface area contributed by atoms with Crippen molar-refractivity contribution in [2.45, 2.75) is 6.10 Å². The van der Waals surface area contributed by atoms with Gasteiger partial charge in [-0.2, -0.15) is 0 Å². The second-order valence-corrected chi connectivity index (χ2v) is 2.63. The van der Waals surface area contributed by atoms with Gasteiger partial charge in [-0.15, -0.1) is 0 Å². The fourth-order valence-electron chi connectivity index (χ4n) is 0.254. The standard InChI is InChI=1S/C4H11N3OS/c5-1-3(8)2-9-4(6)7/h3,8H,1-2,5H2,(H3,6,7). The molecule has 0 amide bonds. The SMILES string of the molecule is N=C(N)SCC(O)CN. The van der Waals surface area contributed by atoms with E-state index in [2.05, 4.69) is 0 Å². The monoisotopic (exact) mass is 149 g/mol. The van der Waals surface area contributed by atoms with Gasteiger partial charge in [-0.05, 0) is 0 Å². The van der Waals surface area contributed by atoms with Gasteiger partial charge in [0.2, 0.25) is 0 Å². The molecule has 0 fully saturated rings. The van der Waals surface area contributed by atoms with E-state index in [0.717, 1.165) is 11.8 Å². The number of amidine groups is 1. The van der Waals surface area contributed by atoms with Crippen molar-refractivity contribution in [2.75, 3.05) is 12.3 Å². The summed E-state index contributed by atoms with van der Waals surface area (Å²) >= 11 is 1.10. The van der Waals surface area contributed by atoms with Crippen LogP contribution in [-0.4, -0.2) is 28.7 Å². The minimum absolute atomic E-state index is 0.0162. The van der Waals surface area contributed by atoms with E-state index in [1.165, 1.54) is 0 Å². The summed E-state index contributed by atoms with van der Waals surface area (Å²) in [5.41, 5.74) is 10.1. The zero-order chi connectivity index (χ0) is 7.28. The molecule has 0 bridgehead atoms. The maximum atomic E-state index is 8.81. The lowest BCUT2D eigenvalue weighted by Gasteiger charge is -2.03. The molecular formula is C4H11N3OS. The molecule has 0 aromatic rings. The second kappa shape index (κ2) is 4.60. The summed E-state index contributed by atoms with van der Waals surface area (Å²) in [5, 5.41) is 15.6. The highest BCUT2D eigenvalue weighted by atomic mass is 32.2. The Morgan fingerprint density at radius 1 is 1.78 bits per heavy atom. The van der Waals surface area contributed by atoms with Crippen molar-refractivity contribution in [1.82, 2.24) is 0 Å². The van der Waals surface area contributed by atoms with E-state index in [0.29, 0.717) is 5.75 Å². The molecule has 4 nitrogen and oxygen atoms in total. The van der Waals surface area contributed by atoms with Gasteiger partial charge in [0.25, 0.3) is 0 Å². The Kier molecular flexibility index (Phi) is 4.47. The number of hydrogen-bond acceptors (Lipinski definition) is 4. The Hall–Kier alpha value is -0.260. The van der Waals surface area contributed by atoms with Crippen LogP contribution < -0.4 is 11.5 Å². The van der Waals surface area contributed by atoms with Crippen LogP contribution in [0.3, 0.4) is 0 Å². The summed E-state index contributed by atoms with van der Waals surface area (Å²) in [7, 11) is 0. The first-order valence-electron chi connectivity index (χ1n) is 2.51. The smallest absolute Gasteiger partial charge is 0.151 e. The molecular weight excluding hydrogens is 138 g/mol. The molecule has 0 spiro atoms. The average Bonchev–Trinajstić information content (AvgIpc) is 1.83. The first-order valence-corrected chi connectivity index (χ1v) is 3.50. The first-order chi connectivity index (χ1) is 4.16. The Morgan fingerprint density at radius 2 is 2.33 bits per heavy atom. The van der Waals surface area contributed by atoms with Crippen LogP contribution in [0.4, 0.5) is 0 Å². The summed E-state index contributed by atoms with van der Waals surface area (Å²) in [4.78, 5) is 0. The number of nitrogens with two attached hydrogens (primary N) is 2. The Balaban J connectivity index is 3.16. The van der Waals surface area contributed by atoms with Gasteiger partial charge in [0, 0.05) is 12.3 Å². The molecule has 0 aromatic carbocycles. The van der Waals surface area contributed by atoms with Crippen LogP contribution in [0, 0.1) is 5.41 Å². The van der Waals surface area contributed by atoms with Crippen LogP contribution >= 0.6 is 11.8 Å². The Labute approximate surface area is 58.1 Å². The highest BCUT2D eigenvalue weighted by molar-refractivity contribution is 8.13. The Bertz CT molecular complexity index is 97.8. The van der Waals surface area contributed by atoms with Crippen LogP contribution in [0.2, 0.25) is 0 Å². The maximum absolute atomic E-state index is 8.81. The average molecular weight is 149 g/mol. The molecule has 0 aliphatic heterocycles. The molecule has 0 aromatic heterocycles. The number of aliphatic hydroxyl groups excluding tert-OH is 1. The minimum atomic E-state index is -0.543. The number of hydrogen-bond donors (Lipinski definition) is 4. The molecule has 0 rings (SSSR count). The first kappa shape index (κ1) is 8.74. The van der Waals surface area contributed by atoms with Gasteiger partial charge >= 0.3 is 0 Å². The van der Waals surface area contributed by atoms with Crippen LogP contribution in [-0.2, 0) is 0 Å². The van der Waals surface area contributed by atoms with E-state index in [9.17, 15) is 0 Å². The predicted octanol–water partition coefficient (Wildman–Crippen LogP) is -1.07. The maximum Gasteiger partial charge on any atom is 0.151 e. The van der Waals surface area contributed by atoms with Crippen molar-refractivity contribution in [3.63, 3.8) is 0 Å². The summed E-state index contributed by atoms with van der Waals surface area (Å²) in [6.07, 6.45) is -0.543.